The lowest BCUT2D eigenvalue weighted by atomic mass is 10.1. The van der Waals surface area contributed by atoms with Crippen LogP contribution >= 0.6 is 0 Å². The number of carbonyl (C=O) groups is 2. The molecule has 1 aromatic carbocycles. The van der Waals surface area contributed by atoms with Crippen LogP contribution in [-0.2, 0) is 20.7 Å². The second-order valence-corrected chi connectivity index (χ2v) is 8.08. The van der Waals surface area contributed by atoms with Crippen molar-refractivity contribution in [3.63, 3.8) is 0 Å². The van der Waals surface area contributed by atoms with Crippen molar-refractivity contribution >= 4 is 23.2 Å². The van der Waals surface area contributed by atoms with Crippen molar-refractivity contribution in [2.75, 3.05) is 10.6 Å². The number of nitrogens with zero attached hydrogens (tertiary/aromatic N) is 4. The Hall–Kier alpha value is -4.34. The monoisotopic (exact) mass is 462 g/mol. The van der Waals surface area contributed by atoms with E-state index in [1.54, 1.807) is 37.1 Å². The Balaban J connectivity index is 1.43. The van der Waals surface area contributed by atoms with Gasteiger partial charge in [-0.05, 0) is 56.2 Å². The van der Waals surface area contributed by atoms with Gasteiger partial charge in [0.1, 0.15) is 23.8 Å². The molecule has 0 bridgehead atoms. The highest BCUT2D eigenvalue weighted by atomic mass is 16.5. The minimum atomic E-state index is -0.503. The molecular formula is C24H26N6O4. The van der Waals surface area contributed by atoms with Gasteiger partial charge in [0.25, 0.3) is 11.8 Å². The normalized spacial score (nSPS) is 10.9. The summed E-state index contributed by atoms with van der Waals surface area (Å²) in [6, 6.07) is 9.17. The predicted molar refractivity (Wildman–Crippen MR) is 126 cm³/mol. The van der Waals surface area contributed by atoms with E-state index in [1.165, 1.54) is 10.9 Å². The molecule has 10 heteroatoms. The topological polar surface area (TPSA) is 116 Å². The fourth-order valence-corrected chi connectivity index (χ4v) is 3.53. The lowest BCUT2D eigenvalue weighted by Gasteiger charge is -2.08. The summed E-state index contributed by atoms with van der Waals surface area (Å²) in [5.74, 6) is 0.401. The van der Waals surface area contributed by atoms with Crippen LogP contribution < -0.4 is 15.4 Å². The van der Waals surface area contributed by atoms with Crippen molar-refractivity contribution in [3.05, 3.63) is 76.8 Å². The molecule has 0 saturated carbocycles. The zero-order chi connectivity index (χ0) is 24.4. The van der Waals surface area contributed by atoms with Crippen molar-refractivity contribution in [3.8, 4) is 5.75 Å². The number of carbonyl (C=O) groups excluding carboxylic acids is 2. The molecule has 0 aliphatic rings. The fraction of sp³-hybridized carbons (Fsp3) is 0.250. The first-order valence-corrected chi connectivity index (χ1v) is 10.6. The van der Waals surface area contributed by atoms with Crippen molar-refractivity contribution in [2.45, 2.75) is 27.4 Å². The molecule has 0 spiro atoms. The summed E-state index contributed by atoms with van der Waals surface area (Å²) in [4.78, 5) is 25.6. The molecule has 3 heterocycles. The highest BCUT2D eigenvalue weighted by Crippen LogP contribution is 2.21. The number of amides is 2. The molecule has 0 aliphatic heterocycles. The van der Waals surface area contributed by atoms with Crippen LogP contribution in [0.15, 0.2) is 47.1 Å². The molecule has 0 atom stereocenters. The molecule has 0 saturated heterocycles. The molecule has 10 nitrogen and oxygen atoms in total. The number of benzene rings is 1. The maximum absolute atomic E-state index is 12.9. The Morgan fingerprint density at radius 2 is 1.56 bits per heavy atom. The van der Waals surface area contributed by atoms with Crippen molar-refractivity contribution in [2.24, 2.45) is 14.1 Å². The third-order valence-electron chi connectivity index (χ3n) is 5.35. The average molecular weight is 463 g/mol. The highest BCUT2D eigenvalue weighted by molar-refractivity contribution is 6.11. The van der Waals surface area contributed by atoms with Crippen LogP contribution in [0.3, 0.4) is 0 Å². The first kappa shape index (κ1) is 22.8. The zero-order valence-electron chi connectivity index (χ0n) is 19.7. The molecular weight excluding hydrogens is 436 g/mol. The highest BCUT2D eigenvalue weighted by Gasteiger charge is 2.22. The van der Waals surface area contributed by atoms with Gasteiger partial charge in [0.2, 0.25) is 0 Å². The second-order valence-electron chi connectivity index (χ2n) is 8.08. The number of hydrogen-bond acceptors (Lipinski definition) is 6. The van der Waals surface area contributed by atoms with Gasteiger partial charge in [-0.3, -0.25) is 19.0 Å². The Labute approximate surface area is 196 Å². The summed E-state index contributed by atoms with van der Waals surface area (Å²) in [6.07, 6.45) is 2.97. The summed E-state index contributed by atoms with van der Waals surface area (Å²) in [5, 5.41) is 13.7. The van der Waals surface area contributed by atoms with Crippen LogP contribution in [0.1, 0.15) is 43.6 Å². The number of aromatic nitrogens is 4. The molecule has 34 heavy (non-hydrogen) atoms. The van der Waals surface area contributed by atoms with E-state index in [-0.39, 0.29) is 23.7 Å². The van der Waals surface area contributed by atoms with E-state index in [1.807, 2.05) is 32.9 Å². The molecule has 0 unspecified atom stereocenters. The Kier molecular flexibility index (Phi) is 6.22. The number of hydrogen-bond donors (Lipinski definition) is 2. The van der Waals surface area contributed by atoms with Crippen molar-refractivity contribution in [1.29, 1.82) is 0 Å². The Bertz CT molecular complexity index is 1340. The largest absolute Gasteiger partial charge is 0.486 e. The van der Waals surface area contributed by atoms with E-state index in [4.69, 9.17) is 9.15 Å². The summed E-state index contributed by atoms with van der Waals surface area (Å²) >= 11 is 0. The number of anilines is 2. The van der Waals surface area contributed by atoms with E-state index >= 15 is 0 Å². The van der Waals surface area contributed by atoms with Crippen LogP contribution in [0.5, 0.6) is 5.75 Å². The SMILES string of the molecule is Cc1cc(C)cc(OCc2ccc(C(=O)Nc3cnn(C)c3C(=O)Nc3cnn(C)c3C)o2)c1. The third-order valence-corrected chi connectivity index (χ3v) is 5.35. The molecule has 4 aromatic rings. The summed E-state index contributed by atoms with van der Waals surface area (Å²) in [6.45, 7) is 6.02. The van der Waals surface area contributed by atoms with Gasteiger partial charge in [-0.15, -0.1) is 0 Å². The van der Waals surface area contributed by atoms with Gasteiger partial charge in [0.05, 0.1) is 29.5 Å². The minimum absolute atomic E-state index is 0.0948. The fourth-order valence-electron chi connectivity index (χ4n) is 3.53. The molecule has 0 fully saturated rings. The standard InChI is InChI=1S/C24H26N6O4/c1-14-8-15(2)10-18(9-14)33-13-17-6-7-21(34-17)23(31)28-20-12-26-30(5)22(20)24(32)27-19-11-25-29(4)16(19)3/h6-12H,13H2,1-5H3,(H,27,32)(H,28,31). The molecule has 3 aromatic heterocycles. The number of rotatable bonds is 7. The number of aryl methyl sites for hydroxylation is 4. The van der Waals surface area contributed by atoms with E-state index in [9.17, 15) is 9.59 Å². The lowest BCUT2D eigenvalue weighted by Crippen LogP contribution is -2.20. The van der Waals surface area contributed by atoms with Gasteiger partial charge in [-0.2, -0.15) is 10.2 Å². The van der Waals surface area contributed by atoms with Crippen LogP contribution in [0.4, 0.5) is 11.4 Å². The van der Waals surface area contributed by atoms with Crippen LogP contribution in [-0.4, -0.2) is 31.4 Å². The van der Waals surface area contributed by atoms with Gasteiger partial charge in [-0.25, -0.2) is 0 Å². The van der Waals surface area contributed by atoms with Crippen molar-refractivity contribution < 1.29 is 18.7 Å². The molecule has 0 aliphatic carbocycles. The lowest BCUT2D eigenvalue weighted by molar-refractivity contribution is 0.0992. The maximum Gasteiger partial charge on any atom is 0.291 e. The van der Waals surface area contributed by atoms with Crippen LogP contribution in [0.25, 0.3) is 0 Å². The average Bonchev–Trinajstić information content (AvgIpc) is 3.47. The van der Waals surface area contributed by atoms with Crippen molar-refractivity contribution in [1.82, 2.24) is 19.6 Å². The van der Waals surface area contributed by atoms with Crippen LogP contribution in [0, 0.1) is 20.8 Å². The second kappa shape index (κ2) is 9.26. The number of ether oxygens (including phenoxy) is 1. The number of nitrogens with one attached hydrogen (secondary N) is 2. The molecule has 2 amide bonds. The predicted octanol–water partition coefficient (Wildman–Crippen LogP) is 3.76. The smallest absolute Gasteiger partial charge is 0.291 e. The van der Waals surface area contributed by atoms with E-state index in [0.717, 1.165) is 22.6 Å². The summed E-state index contributed by atoms with van der Waals surface area (Å²) < 4.78 is 14.5. The minimum Gasteiger partial charge on any atom is -0.486 e. The first-order valence-electron chi connectivity index (χ1n) is 10.6. The maximum atomic E-state index is 12.9. The first-order chi connectivity index (χ1) is 16.2. The van der Waals surface area contributed by atoms with Gasteiger partial charge in [-0.1, -0.05) is 6.07 Å². The van der Waals surface area contributed by atoms with Gasteiger partial charge < -0.3 is 19.8 Å². The Morgan fingerprint density at radius 3 is 2.24 bits per heavy atom. The molecule has 176 valence electrons. The van der Waals surface area contributed by atoms with Gasteiger partial charge in [0, 0.05) is 14.1 Å². The number of furan rings is 1. The van der Waals surface area contributed by atoms with E-state index in [0.29, 0.717) is 11.4 Å². The van der Waals surface area contributed by atoms with E-state index < -0.39 is 11.8 Å². The van der Waals surface area contributed by atoms with Crippen LogP contribution in [0.2, 0.25) is 0 Å². The van der Waals surface area contributed by atoms with E-state index in [2.05, 4.69) is 26.9 Å². The molecule has 0 radical (unpaired) electrons. The zero-order valence-corrected chi connectivity index (χ0v) is 19.7. The summed E-state index contributed by atoms with van der Waals surface area (Å²) in [5.41, 5.74) is 4.03. The third kappa shape index (κ3) is 4.85. The summed E-state index contributed by atoms with van der Waals surface area (Å²) in [7, 11) is 3.40. The van der Waals surface area contributed by atoms with Gasteiger partial charge >= 0.3 is 0 Å². The van der Waals surface area contributed by atoms with Gasteiger partial charge in [0.15, 0.2) is 5.76 Å². The Morgan fingerprint density at radius 1 is 0.912 bits per heavy atom. The molecule has 4 rings (SSSR count). The quantitative estimate of drug-likeness (QED) is 0.432. The molecule has 2 N–H and O–H groups in total.